The van der Waals surface area contributed by atoms with E-state index < -0.39 is 0 Å². The van der Waals surface area contributed by atoms with Crippen molar-refractivity contribution in [1.29, 1.82) is 0 Å². The summed E-state index contributed by atoms with van der Waals surface area (Å²) in [5.74, 6) is 0.974. The van der Waals surface area contributed by atoms with Crippen LogP contribution in [0.2, 0.25) is 5.02 Å². The number of hydrogen-bond donors (Lipinski definition) is 0. The maximum absolute atomic E-state index is 6.14. The summed E-state index contributed by atoms with van der Waals surface area (Å²) < 4.78 is 6.04. The lowest BCUT2D eigenvalue weighted by molar-refractivity contribution is 0.149. The molecule has 1 aliphatic heterocycles. The van der Waals surface area contributed by atoms with Crippen LogP contribution in [0.1, 0.15) is 39.2 Å². The quantitative estimate of drug-likeness (QED) is 0.728. The van der Waals surface area contributed by atoms with Crippen molar-refractivity contribution in [3.05, 3.63) is 28.8 Å². The summed E-state index contributed by atoms with van der Waals surface area (Å²) in [5, 5.41) is 0.775. The average Bonchev–Trinajstić information content (AvgIpc) is 2.49. The molecule has 0 bridgehead atoms. The molecular formula is C19H31ClN2O. The Bertz CT molecular complexity index is 491. The molecule has 0 unspecified atom stereocenters. The highest BCUT2D eigenvalue weighted by Crippen LogP contribution is 2.33. The standard InChI is InChI=1S/C19H31ClN2O/c1-19(2,3)17-15-16(20)7-8-18(17)23-14-6-5-9-22-12-10-21(4)11-13-22/h7-8,15H,5-6,9-14H2,1-4H3. The molecule has 0 N–H and O–H groups in total. The molecule has 1 aromatic rings. The van der Waals surface area contributed by atoms with Gasteiger partial charge in [-0.1, -0.05) is 32.4 Å². The first-order valence-electron chi connectivity index (χ1n) is 8.70. The van der Waals surface area contributed by atoms with Crippen LogP contribution in [0.3, 0.4) is 0 Å². The van der Waals surface area contributed by atoms with E-state index in [1.165, 1.54) is 44.7 Å². The molecule has 130 valence electrons. The van der Waals surface area contributed by atoms with E-state index in [0.29, 0.717) is 0 Å². The van der Waals surface area contributed by atoms with Gasteiger partial charge in [-0.05, 0) is 50.0 Å². The summed E-state index contributed by atoms with van der Waals surface area (Å²) in [7, 11) is 2.20. The molecule has 4 heteroatoms. The van der Waals surface area contributed by atoms with Crippen LogP contribution < -0.4 is 4.74 Å². The SMILES string of the molecule is CN1CCN(CCCCOc2ccc(Cl)cc2C(C)(C)C)CC1. The van der Waals surface area contributed by atoms with E-state index in [-0.39, 0.29) is 5.41 Å². The van der Waals surface area contributed by atoms with Crippen molar-refractivity contribution in [2.75, 3.05) is 46.4 Å². The minimum absolute atomic E-state index is 0.0417. The first-order chi connectivity index (χ1) is 10.9. The molecule has 0 radical (unpaired) electrons. The Labute approximate surface area is 146 Å². The first kappa shape index (κ1) is 18.6. The van der Waals surface area contributed by atoms with Gasteiger partial charge >= 0.3 is 0 Å². The van der Waals surface area contributed by atoms with Crippen LogP contribution in [0.15, 0.2) is 18.2 Å². The maximum Gasteiger partial charge on any atom is 0.123 e. The van der Waals surface area contributed by atoms with Crippen LogP contribution in [0.5, 0.6) is 5.75 Å². The van der Waals surface area contributed by atoms with Gasteiger partial charge in [0.15, 0.2) is 0 Å². The summed E-state index contributed by atoms with van der Waals surface area (Å²) in [6, 6.07) is 5.95. The Morgan fingerprint density at radius 3 is 2.43 bits per heavy atom. The van der Waals surface area contributed by atoms with Crippen LogP contribution in [-0.4, -0.2) is 56.2 Å². The Morgan fingerprint density at radius 1 is 1.09 bits per heavy atom. The lowest BCUT2D eigenvalue weighted by Gasteiger charge is -2.32. The predicted molar refractivity (Wildman–Crippen MR) is 98.8 cm³/mol. The lowest BCUT2D eigenvalue weighted by atomic mass is 9.86. The normalized spacial score (nSPS) is 17.4. The summed E-state index contributed by atoms with van der Waals surface area (Å²) in [6.07, 6.45) is 2.29. The molecule has 1 saturated heterocycles. The minimum Gasteiger partial charge on any atom is -0.493 e. The van der Waals surface area contributed by atoms with Crippen LogP contribution in [0, 0.1) is 0 Å². The summed E-state index contributed by atoms with van der Waals surface area (Å²) >= 11 is 6.14. The lowest BCUT2D eigenvalue weighted by Crippen LogP contribution is -2.44. The number of hydrogen-bond acceptors (Lipinski definition) is 3. The van der Waals surface area contributed by atoms with E-state index >= 15 is 0 Å². The summed E-state index contributed by atoms with van der Waals surface area (Å²) in [5.41, 5.74) is 1.23. The number of halogens is 1. The van der Waals surface area contributed by atoms with Gasteiger partial charge < -0.3 is 14.5 Å². The van der Waals surface area contributed by atoms with E-state index in [4.69, 9.17) is 16.3 Å². The van der Waals surface area contributed by atoms with Crippen LogP contribution >= 0.6 is 11.6 Å². The zero-order valence-electron chi connectivity index (χ0n) is 15.1. The van der Waals surface area contributed by atoms with Crippen LogP contribution in [0.4, 0.5) is 0 Å². The third-order valence-electron chi connectivity index (χ3n) is 4.47. The minimum atomic E-state index is 0.0417. The highest BCUT2D eigenvalue weighted by Gasteiger charge is 2.19. The molecule has 0 aromatic heterocycles. The molecule has 1 aromatic carbocycles. The van der Waals surface area contributed by atoms with Gasteiger partial charge in [0.05, 0.1) is 6.61 Å². The number of unbranched alkanes of at least 4 members (excludes halogenated alkanes) is 1. The smallest absolute Gasteiger partial charge is 0.123 e. The van der Waals surface area contributed by atoms with Gasteiger partial charge in [-0.15, -0.1) is 0 Å². The molecule has 1 heterocycles. The van der Waals surface area contributed by atoms with Crippen molar-refractivity contribution in [2.24, 2.45) is 0 Å². The molecule has 1 aliphatic rings. The maximum atomic E-state index is 6.14. The molecule has 0 saturated carbocycles. The van der Waals surface area contributed by atoms with E-state index in [2.05, 4.69) is 37.6 Å². The number of benzene rings is 1. The molecule has 2 rings (SSSR count). The fourth-order valence-electron chi connectivity index (χ4n) is 2.91. The predicted octanol–water partition coefficient (Wildman–Crippen LogP) is 4.04. The number of rotatable bonds is 6. The third-order valence-corrected chi connectivity index (χ3v) is 4.71. The highest BCUT2D eigenvalue weighted by atomic mass is 35.5. The van der Waals surface area contributed by atoms with Crippen molar-refractivity contribution < 1.29 is 4.74 Å². The molecule has 0 aliphatic carbocycles. The van der Waals surface area contributed by atoms with Gasteiger partial charge in [-0.3, -0.25) is 0 Å². The van der Waals surface area contributed by atoms with Crippen LogP contribution in [0.25, 0.3) is 0 Å². The van der Waals surface area contributed by atoms with Gasteiger partial charge in [0.1, 0.15) is 5.75 Å². The first-order valence-corrected chi connectivity index (χ1v) is 9.08. The van der Waals surface area contributed by atoms with Gasteiger partial charge in [0, 0.05) is 36.8 Å². The molecule has 0 atom stereocenters. The largest absolute Gasteiger partial charge is 0.493 e. The topological polar surface area (TPSA) is 15.7 Å². The van der Waals surface area contributed by atoms with E-state index in [9.17, 15) is 0 Å². The second kappa shape index (κ2) is 8.36. The van der Waals surface area contributed by atoms with Crippen LogP contribution in [-0.2, 0) is 5.41 Å². The zero-order chi connectivity index (χ0) is 16.9. The Morgan fingerprint density at radius 2 is 1.78 bits per heavy atom. The number of ether oxygens (including phenoxy) is 1. The van der Waals surface area contributed by atoms with E-state index in [1.54, 1.807) is 0 Å². The molecule has 1 fully saturated rings. The van der Waals surface area contributed by atoms with Crippen molar-refractivity contribution in [2.45, 2.75) is 39.0 Å². The second-order valence-corrected chi connectivity index (χ2v) is 8.03. The number of likely N-dealkylation sites (N-methyl/N-ethyl adjacent to an activating group) is 1. The van der Waals surface area contributed by atoms with Gasteiger partial charge in [0.25, 0.3) is 0 Å². The Kier molecular flexibility index (Phi) is 6.75. The average molecular weight is 339 g/mol. The Hall–Kier alpha value is -0.770. The fourth-order valence-corrected chi connectivity index (χ4v) is 3.08. The second-order valence-electron chi connectivity index (χ2n) is 7.59. The molecule has 3 nitrogen and oxygen atoms in total. The van der Waals surface area contributed by atoms with E-state index in [0.717, 1.165) is 23.8 Å². The Balaban J connectivity index is 1.74. The van der Waals surface area contributed by atoms with Gasteiger partial charge in [-0.25, -0.2) is 0 Å². The fraction of sp³-hybridized carbons (Fsp3) is 0.684. The van der Waals surface area contributed by atoms with Crippen molar-refractivity contribution in [3.8, 4) is 5.75 Å². The summed E-state index contributed by atoms with van der Waals surface area (Å²) in [4.78, 5) is 4.96. The molecule has 0 amide bonds. The number of piperazine rings is 1. The third kappa shape index (κ3) is 5.98. The van der Waals surface area contributed by atoms with E-state index in [1.807, 2.05) is 18.2 Å². The highest BCUT2D eigenvalue weighted by molar-refractivity contribution is 6.30. The molecule has 0 spiro atoms. The van der Waals surface area contributed by atoms with Crippen molar-refractivity contribution in [1.82, 2.24) is 9.80 Å². The van der Waals surface area contributed by atoms with Crippen molar-refractivity contribution >= 4 is 11.6 Å². The van der Waals surface area contributed by atoms with Gasteiger partial charge in [-0.2, -0.15) is 0 Å². The van der Waals surface area contributed by atoms with Gasteiger partial charge in [0.2, 0.25) is 0 Å². The van der Waals surface area contributed by atoms with Crippen molar-refractivity contribution in [3.63, 3.8) is 0 Å². The zero-order valence-corrected chi connectivity index (χ0v) is 15.8. The molecular weight excluding hydrogens is 308 g/mol. The monoisotopic (exact) mass is 338 g/mol. The number of nitrogens with zero attached hydrogens (tertiary/aromatic N) is 2. The molecule has 23 heavy (non-hydrogen) atoms. The summed E-state index contributed by atoms with van der Waals surface area (Å²) in [6.45, 7) is 13.3.